The van der Waals surface area contributed by atoms with Gasteiger partial charge in [0, 0.05) is 11.8 Å². The number of aldehydes is 1. The molecule has 4 atom stereocenters. The van der Waals surface area contributed by atoms with Crippen molar-refractivity contribution in [2.24, 2.45) is 5.92 Å². The number of nitrogens with zero attached hydrogens (tertiary/aromatic N) is 1. The minimum atomic E-state index is -1.23. The number of fused-ring (bicyclic) bond motifs is 1. The molecule has 10 nitrogen and oxygen atoms in total. The van der Waals surface area contributed by atoms with Gasteiger partial charge in [-0.1, -0.05) is 74.5 Å². The zero-order chi connectivity index (χ0) is 28.8. The van der Waals surface area contributed by atoms with Gasteiger partial charge >= 0.3 is 5.97 Å². The van der Waals surface area contributed by atoms with E-state index in [9.17, 15) is 24.0 Å². The number of rotatable bonds is 10. The topological polar surface area (TPSA) is 145 Å². The first-order chi connectivity index (χ1) is 19.2. The van der Waals surface area contributed by atoms with E-state index in [0.29, 0.717) is 31.4 Å². The van der Waals surface area contributed by atoms with Gasteiger partial charge in [-0.05, 0) is 29.5 Å². The Bertz CT molecular complexity index is 1410. The van der Waals surface area contributed by atoms with E-state index in [1.54, 1.807) is 0 Å². The van der Waals surface area contributed by atoms with E-state index in [1.165, 1.54) is 4.90 Å². The summed E-state index contributed by atoms with van der Waals surface area (Å²) in [4.78, 5) is 65.1. The Balaban J connectivity index is 1.65. The number of aliphatic carboxylic acids is 1. The first kappa shape index (κ1) is 28.5. The zero-order valence-electron chi connectivity index (χ0n) is 22.5. The molecule has 0 radical (unpaired) electrons. The van der Waals surface area contributed by atoms with Gasteiger partial charge in [-0.2, -0.15) is 0 Å². The number of hydrogen-bond acceptors (Lipinski definition) is 6. The van der Waals surface area contributed by atoms with Gasteiger partial charge in [0.15, 0.2) is 0 Å². The quantitative estimate of drug-likeness (QED) is 0.312. The number of nitrogens with one attached hydrogen (secondary N) is 3. The minimum absolute atomic E-state index is 0.307. The lowest BCUT2D eigenvalue weighted by Gasteiger charge is -2.35. The molecule has 3 amide bonds. The molecule has 4 N–H and O–H groups in total. The number of carbonyl (C=O) groups is 5. The largest absolute Gasteiger partial charge is 0.481 e. The van der Waals surface area contributed by atoms with Crippen molar-refractivity contribution >= 4 is 41.8 Å². The van der Waals surface area contributed by atoms with Crippen LogP contribution in [0.1, 0.15) is 44.7 Å². The zero-order valence-corrected chi connectivity index (χ0v) is 22.5. The average Bonchev–Trinajstić information content (AvgIpc) is 3.40. The van der Waals surface area contributed by atoms with Crippen molar-refractivity contribution in [3.8, 4) is 0 Å². The molecule has 2 aliphatic heterocycles. The maximum atomic E-state index is 14.2. The summed E-state index contributed by atoms with van der Waals surface area (Å²) in [5.41, 5.74) is 1.21. The molecule has 0 saturated carbocycles. The minimum Gasteiger partial charge on any atom is -0.481 e. The molecule has 2 aromatic carbocycles. The van der Waals surface area contributed by atoms with Gasteiger partial charge in [-0.25, -0.2) is 0 Å². The number of hydrogen-bond donors (Lipinski definition) is 4. The van der Waals surface area contributed by atoms with Gasteiger partial charge in [-0.15, -0.1) is 0 Å². The lowest BCUT2D eigenvalue weighted by molar-refractivity contribution is -0.145. The highest BCUT2D eigenvalue weighted by Crippen LogP contribution is 2.37. The molecule has 0 unspecified atom stereocenters. The second-order valence-corrected chi connectivity index (χ2v) is 10.4. The molecule has 1 fully saturated rings. The molecule has 0 spiro atoms. The van der Waals surface area contributed by atoms with Crippen LogP contribution in [0.15, 0.2) is 54.6 Å². The lowest BCUT2D eigenvalue weighted by atomic mass is 9.99. The molecule has 2 heterocycles. The second kappa shape index (κ2) is 12.6. The molecule has 210 valence electrons. The summed E-state index contributed by atoms with van der Waals surface area (Å²) >= 11 is 0. The summed E-state index contributed by atoms with van der Waals surface area (Å²) in [5, 5.41) is 19.2. The third-order valence-corrected chi connectivity index (χ3v) is 7.29. The first-order valence-corrected chi connectivity index (χ1v) is 13.4. The summed E-state index contributed by atoms with van der Waals surface area (Å²) in [6.07, 6.45) is 2.60. The molecule has 0 aliphatic carbocycles. The Morgan fingerprint density at radius 1 is 1.02 bits per heavy atom. The highest BCUT2D eigenvalue weighted by Gasteiger charge is 2.45. The van der Waals surface area contributed by atoms with Crippen LogP contribution in [0.2, 0.25) is 0 Å². The van der Waals surface area contributed by atoms with Crippen LogP contribution in [0.5, 0.6) is 0 Å². The highest BCUT2D eigenvalue weighted by atomic mass is 16.4. The smallest absolute Gasteiger partial charge is 0.305 e. The van der Waals surface area contributed by atoms with Gasteiger partial charge in [0.25, 0.3) is 5.91 Å². The number of carboxylic acid groups (broad SMARTS) is 1. The third-order valence-electron chi connectivity index (χ3n) is 7.29. The van der Waals surface area contributed by atoms with E-state index in [1.807, 2.05) is 74.5 Å². The van der Waals surface area contributed by atoms with E-state index in [4.69, 9.17) is 5.11 Å². The fourth-order valence-electron chi connectivity index (χ4n) is 5.33. The molecule has 2 aromatic rings. The van der Waals surface area contributed by atoms with Crippen LogP contribution in [-0.4, -0.2) is 64.7 Å². The van der Waals surface area contributed by atoms with E-state index >= 15 is 0 Å². The number of likely N-dealkylation sites (tertiary alicyclic amines) is 1. The average molecular weight is 547 g/mol. The maximum absolute atomic E-state index is 14.2. The molecule has 0 bridgehead atoms. The van der Waals surface area contributed by atoms with E-state index in [0.717, 1.165) is 16.0 Å². The Labute approximate surface area is 232 Å². The van der Waals surface area contributed by atoms with Gasteiger partial charge in [0.05, 0.1) is 18.5 Å². The summed E-state index contributed by atoms with van der Waals surface area (Å²) in [5.74, 6) is -2.99. The van der Waals surface area contributed by atoms with Crippen LogP contribution < -0.4 is 26.4 Å². The molecule has 0 aromatic heterocycles. The number of carbonyl (C=O) groups excluding carboxylic acids is 4. The SMILES string of the molecule is CC(C)[C@H](NC(=O)C1=c2ccccc2=CCN1)C(=O)N1[C@@H](c2ccccc2)CC[C@H]1C(=O)N[C@H](C=O)CC(=O)O. The molecule has 40 heavy (non-hydrogen) atoms. The van der Waals surface area contributed by atoms with Crippen LogP contribution in [0.25, 0.3) is 11.8 Å². The van der Waals surface area contributed by atoms with E-state index in [-0.39, 0.29) is 5.92 Å². The molecule has 1 saturated heterocycles. The second-order valence-electron chi connectivity index (χ2n) is 10.4. The highest BCUT2D eigenvalue weighted by molar-refractivity contribution is 6.14. The number of carboxylic acids is 1. The van der Waals surface area contributed by atoms with Crippen LogP contribution in [0.4, 0.5) is 0 Å². The molecule has 2 aliphatic rings. The molecular formula is C30H34N4O6. The number of amides is 3. The monoisotopic (exact) mass is 546 g/mol. The Kier molecular flexibility index (Phi) is 8.98. The Morgan fingerprint density at radius 2 is 1.73 bits per heavy atom. The van der Waals surface area contributed by atoms with Crippen molar-refractivity contribution in [3.63, 3.8) is 0 Å². The van der Waals surface area contributed by atoms with Crippen LogP contribution >= 0.6 is 0 Å². The van der Waals surface area contributed by atoms with E-state index < -0.39 is 54.3 Å². The summed E-state index contributed by atoms with van der Waals surface area (Å²) in [6, 6.07) is 13.3. The van der Waals surface area contributed by atoms with E-state index in [2.05, 4.69) is 16.0 Å². The summed E-state index contributed by atoms with van der Waals surface area (Å²) < 4.78 is 0. The molecular weight excluding hydrogens is 512 g/mol. The van der Waals surface area contributed by atoms with Crippen LogP contribution in [0, 0.1) is 5.92 Å². The summed E-state index contributed by atoms with van der Waals surface area (Å²) in [7, 11) is 0. The lowest BCUT2D eigenvalue weighted by Crippen LogP contribution is -2.57. The maximum Gasteiger partial charge on any atom is 0.305 e. The Hall–Kier alpha value is -4.47. The normalized spacial score (nSPS) is 19.5. The predicted octanol–water partition coefficient (Wildman–Crippen LogP) is 0.210. The van der Waals surface area contributed by atoms with Crippen LogP contribution in [-0.2, 0) is 24.0 Å². The molecule has 4 rings (SSSR count). The third kappa shape index (κ3) is 6.22. The van der Waals surface area contributed by atoms with Crippen molar-refractivity contribution in [3.05, 3.63) is 70.6 Å². The summed E-state index contributed by atoms with van der Waals surface area (Å²) in [6.45, 7) is 4.11. The fraction of sp³-hybridized carbons (Fsp3) is 0.367. The Morgan fingerprint density at radius 3 is 2.40 bits per heavy atom. The first-order valence-electron chi connectivity index (χ1n) is 13.4. The van der Waals surface area contributed by atoms with Crippen molar-refractivity contribution in [2.45, 2.75) is 57.3 Å². The van der Waals surface area contributed by atoms with Crippen molar-refractivity contribution < 1.29 is 29.1 Å². The predicted molar refractivity (Wildman–Crippen MR) is 148 cm³/mol. The van der Waals surface area contributed by atoms with Crippen LogP contribution in [0.3, 0.4) is 0 Å². The standard InChI is InChI=1S/C30H34N4O6/c1-18(2)26(33-29(39)27-22-11-7-6-8-19(22)14-15-31-27)30(40)34-23(20-9-4-3-5-10-20)12-13-24(34)28(38)32-21(17-35)16-25(36)37/h3-11,14,17-18,21,23-24,26,31H,12-13,15-16H2,1-2H3,(H,32,38)(H,33,39)(H,36,37)/t21-,23+,24-,26-/m0/s1. The van der Waals surface area contributed by atoms with Gasteiger partial charge in [0.2, 0.25) is 11.8 Å². The van der Waals surface area contributed by atoms with Gasteiger partial charge < -0.3 is 30.8 Å². The van der Waals surface area contributed by atoms with Gasteiger partial charge in [-0.3, -0.25) is 19.2 Å². The number of benzene rings is 2. The van der Waals surface area contributed by atoms with Gasteiger partial charge in [0.1, 0.15) is 24.1 Å². The van der Waals surface area contributed by atoms with Crippen molar-refractivity contribution in [1.29, 1.82) is 0 Å². The molecule has 10 heteroatoms. The fourth-order valence-corrected chi connectivity index (χ4v) is 5.33. The van der Waals surface area contributed by atoms with Crippen molar-refractivity contribution in [2.75, 3.05) is 6.54 Å². The van der Waals surface area contributed by atoms with Crippen molar-refractivity contribution in [1.82, 2.24) is 20.9 Å².